The summed E-state index contributed by atoms with van der Waals surface area (Å²) in [5.41, 5.74) is 1.08. The van der Waals surface area contributed by atoms with Crippen LogP contribution in [0.25, 0.3) is 0 Å². The maximum absolute atomic E-state index is 12.8. The molecular formula is C18H23N3O3. The van der Waals surface area contributed by atoms with Gasteiger partial charge in [-0.05, 0) is 25.3 Å². The highest BCUT2D eigenvalue weighted by atomic mass is 16.3. The van der Waals surface area contributed by atoms with E-state index in [9.17, 15) is 14.7 Å². The van der Waals surface area contributed by atoms with Crippen LogP contribution in [0.1, 0.15) is 36.6 Å². The SMILES string of the molecule is Cn1c([O-])c(C2c3ccccc3CC(C)(C)[NH+]2C)c(=O)n(C)c1=O. The Kier molecular flexibility index (Phi) is 3.68. The minimum atomic E-state index is -0.588. The number of rotatable bonds is 1. The number of benzene rings is 1. The first-order chi connectivity index (χ1) is 11.2. The smallest absolute Gasteiger partial charge is 0.329 e. The highest BCUT2D eigenvalue weighted by Gasteiger charge is 2.43. The van der Waals surface area contributed by atoms with Gasteiger partial charge in [-0.15, -0.1) is 0 Å². The molecule has 6 heteroatoms. The van der Waals surface area contributed by atoms with E-state index in [2.05, 4.69) is 13.8 Å². The van der Waals surface area contributed by atoms with Crippen LogP contribution in [0, 0.1) is 0 Å². The van der Waals surface area contributed by atoms with Crippen molar-refractivity contribution in [2.24, 2.45) is 14.1 Å². The Labute approximate surface area is 140 Å². The minimum Gasteiger partial charge on any atom is -0.859 e. The van der Waals surface area contributed by atoms with Crippen LogP contribution in [-0.4, -0.2) is 21.7 Å². The van der Waals surface area contributed by atoms with Gasteiger partial charge in [-0.3, -0.25) is 9.36 Å². The summed E-state index contributed by atoms with van der Waals surface area (Å²) < 4.78 is 2.04. The Balaban J connectivity index is 2.38. The van der Waals surface area contributed by atoms with Gasteiger partial charge >= 0.3 is 5.69 Å². The number of fused-ring (bicyclic) bond motifs is 1. The van der Waals surface area contributed by atoms with Crippen molar-refractivity contribution in [2.75, 3.05) is 7.05 Å². The molecule has 2 atom stereocenters. The highest BCUT2D eigenvalue weighted by molar-refractivity contribution is 5.40. The Morgan fingerprint density at radius 3 is 2.46 bits per heavy atom. The van der Waals surface area contributed by atoms with Crippen LogP contribution >= 0.6 is 0 Å². The fourth-order valence-corrected chi connectivity index (χ4v) is 3.69. The van der Waals surface area contributed by atoms with Gasteiger partial charge in [0.1, 0.15) is 6.04 Å². The fourth-order valence-electron chi connectivity index (χ4n) is 3.69. The van der Waals surface area contributed by atoms with E-state index in [0.717, 1.165) is 31.6 Å². The number of hydrogen-bond acceptors (Lipinski definition) is 3. The second kappa shape index (κ2) is 5.34. The summed E-state index contributed by atoms with van der Waals surface area (Å²) in [4.78, 5) is 25.9. The highest BCUT2D eigenvalue weighted by Crippen LogP contribution is 2.30. The lowest BCUT2D eigenvalue weighted by atomic mass is 9.80. The molecule has 6 nitrogen and oxygen atoms in total. The molecular weight excluding hydrogens is 306 g/mol. The first-order valence-corrected chi connectivity index (χ1v) is 8.05. The molecule has 0 radical (unpaired) electrons. The van der Waals surface area contributed by atoms with Crippen molar-refractivity contribution in [2.45, 2.75) is 31.8 Å². The molecule has 0 aliphatic carbocycles. The van der Waals surface area contributed by atoms with Crippen LogP contribution in [0.3, 0.4) is 0 Å². The summed E-state index contributed by atoms with van der Waals surface area (Å²) in [6.45, 7) is 4.25. The normalized spacial score (nSPS) is 22.2. The predicted octanol–water partition coefficient (Wildman–Crippen LogP) is -0.904. The maximum atomic E-state index is 12.8. The number of aromatic nitrogens is 2. The number of quaternary nitrogens is 1. The van der Waals surface area contributed by atoms with E-state index in [1.54, 1.807) is 0 Å². The monoisotopic (exact) mass is 329 g/mol. The number of nitrogens with zero attached hydrogens (tertiary/aromatic N) is 2. The first kappa shape index (κ1) is 16.5. The fraction of sp³-hybridized carbons (Fsp3) is 0.444. The molecule has 0 spiro atoms. The lowest BCUT2D eigenvalue weighted by Crippen LogP contribution is -3.18. The molecule has 1 aliphatic heterocycles. The maximum Gasteiger partial charge on any atom is 0.329 e. The van der Waals surface area contributed by atoms with E-state index in [0.29, 0.717) is 0 Å². The molecule has 2 aromatic rings. The van der Waals surface area contributed by atoms with Gasteiger partial charge in [0.25, 0.3) is 5.56 Å². The van der Waals surface area contributed by atoms with Gasteiger partial charge in [0, 0.05) is 26.1 Å². The zero-order chi connectivity index (χ0) is 17.8. The van der Waals surface area contributed by atoms with Crippen molar-refractivity contribution < 1.29 is 10.0 Å². The number of hydrogen-bond donors (Lipinski definition) is 1. The molecule has 2 unspecified atom stereocenters. The van der Waals surface area contributed by atoms with E-state index < -0.39 is 17.1 Å². The van der Waals surface area contributed by atoms with E-state index in [4.69, 9.17) is 0 Å². The second-order valence-electron chi connectivity index (χ2n) is 7.30. The molecule has 24 heavy (non-hydrogen) atoms. The third-order valence-corrected chi connectivity index (χ3v) is 5.43. The number of nitrogens with one attached hydrogen (secondary N) is 1. The van der Waals surface area contributed by atoms with Crippen molar-refractivity contribution in [1.82, 2.24) is 9.13 Å². The zero-order valence-corrected chi connectivity index (χ0v) is 14.7. The van der Waals surface area contributed by atoms with Crippen molar-refractivity contribution in [3.05, 3.63) is 61.8 Å². The van der Waals surface area contributed by atoms with Gasteiger partial charge in [-0.2, -0.15) is 0 Å². The molecule has 1 aromatic heterocycles. The Bertz CT molecular complexity index is 924. The van der Waals surface area contributed by atoms with Gasteiger partial charge in [-0.25, -0.2) is 4.79 Å². The van der Waals surface area contributed by atoms with Crippen molar-refractivity contribution >= 4 is 0 Å². The molecule has 0 saturated carbocycles. The lowest BCUT2D eigenvalue weighted by molar-refractivity contribution is -0.957. The van der Waals surface area contributed by atoms with Gasteiger partial charge in [0.05, 0.1) is 18.2 Å². The van der Waals surface area contributed by atoms with Crippen molar-refractivity contribution in [3.8, 4) is 5.88 Å². The average Bonchev–Trinajstić information content (AvgIpc) is 2.54. The summed E-state index contributed by atoms with van der Waals surface area (Å²) >= 11 is 0. The van der Waals surface area contributed by atoms with Crippen LogP contribution in [0.15, 0.2) is 33.9 Å². The Morgan fingerprint density at radius 1 is 1.17 bits per heavy atom. The van der Waals surface area contributed by atoms with Gasteiger partial charge in [0.15, 0.2) is 0 Å². The Morgan fingerprint density at radius 2 is 1.79 bits per heavy atom. The average molecular weight is 329 g/mol. The first-order valence-electron chi connectivity index (χ1n) is 8.05. The molecule has 3 rings (SSSR count). The van der Waals surface area contributed by atoms with E-state index >= 15 is 0 Å². The van der Waals surface area contributed by atoms with E-state index in [-0.39, 0.29) is 17.1 Å². The lowest BCUT2D eigenvalue weighted by Gasteiger charge is -2.44. The largest absolute Gasteiger partial charge is 0.859 e. The second-order valence-corrected chi connectivity index (χ2v) is 7.30. The van der Waals surface area contributed by atoms with E-state index in [1.807, 2.05) is 31.3 Å². The number of likely N-dealkylation sites (N-methyl/N-ethyl adjacent to an activating group) is 1. The van der Waals surface area contributed by atoms with Gasteiger partial charge < -0.3 is 14.6 Å². The summed E-state index contributed by atoms with van der Waals surface area (Å²) in [6.07, 6.45) is 0.867. The molecule has 0 saturated heterocycles. The molecule has 0 amide bonds. The summed E-state index contributed by atoms with van der Waals surface area (Å²) in [7, 11) is 4.84. The van der Waals surface area contributed by atoms with Crippen LogP contribution < -0.4 is 21.3 Å². The van der Waals surface area contributed by atoms with E-state index in [1.165, 1.54) is 14.1 Å². The third-order valence-electron chi connectivity index (χ3n) is 5.43. The van der Waals surface area contributed by atoms with Crippen LogP contribution in [-0.2, 0) is 20.5 Å². The molecule has 1 N–H and O–H groups in total. The summed E-state index contributed by atoms with van der Waals surface area (Å²) in [6, 6.07) is 7.54. The topological polar surface area (TPSA) is 71.5 Å². The zero-order valence-electron chi connectivity index (χ0n) is 14.7. The molecule has 0 fully saturated rings. The van der Waals surface area contributed by atoms with Crippen molar-refractivity contribution in [1.29, 1.82) is 0 Å². The van der Waals surface area contributed by atoms with Crippen LogP contribution in [0.2, 0.25) is 0 Å². The minimum absolute atomic E-state index is 0.134. The molecule has 1 aromatic carbocycles. The molecule has 2 heterocycles. The third kappa shape index (κ3) is 2.21. The standard InChI is InChI=1S/C18H23N3O3/c1-18(2)10-11-8-6-7-9-12(11)14(21(18)5)13-15(22)19(3)17(24)20(4)16(13)23/h6-9,14,22H,10H2,1-5H3. The van der Waals surface area contributed by atoms with Gasteiger partial charge in [0.2, 0.25) is 0 Å². The summed E-state index contributed by atoms with van der Waals surface area (Å²) in [5.74, 6) is -0.500. The summed E-state index contributed by atoms with van der Waals surface area (Å²) in [5, 5.41) is 12.8. The quantitative estimate of drug-likeness (QED) is 0.737. The van der Waals surface area contributed by atoms with Crippen LogP contribution in [0.5, 0.6) is 5.88 Å². The van der Waals surface area contributed by atoms with Crippen LogP contribution in [0.4, 0.5) is 0 Å². The Hall–Kier alpha value is -2.34. The molecule has 1 aliphatic rings. The molecule has 0 bridgehead atoms. The van der Waals surface area contributed by atoms with Gasteiger partial charge in [-0.1, -0.05) is 24.3 Å². The van der Waals surface area contributed by atoms with Crippen molar-refractivity contribution in [3.63, 3.8) is 0 Å². The predicted molar refractivity (Wildman–Crippen MR) is 89.3 cm³/mol. The molecule has 128 valence electrons.